The van der Waals surface area contributed by atoms with E-state index >= 15 is 0 Å². The summed E-state index contributed by atoms with van der Waals surface area (Å²) >= 11 is 12.0. The van der Waals surface area contributed by atoms with Crippen molar-refractivity contribution < 1.29 is 4.39 Å². The molecule has 2 heterocycles. The molecule has 102 valence electrons. The molecule has 2 aromatic heterocycles. The molecule has 0 atom stereocenters. The van der Waals surface area contributed by atoms with Gasteiger partial charge in [0.15, 0.2) is 0 Å². The van der Waals surface area contributed by atoms with Crippen molar-refractivity contribution in [3.63, 3.8) is 0 Å². The van der Waals surface area contributed by atoms with Gasteiger partial charge < -0.3 is 5.32 Å². The topological polar surface area (TPSA) is 55.1 Å². The Morgan fingerprint density at radius 2 is 2.10 bits per heavy atom. The van der Waals surface area contributed by atoms with Gasteiger partial charge in [-0.15, -0.1) is 0 Å². The number of aromatic nitrogens is 4. The molecule has 0 radical (unpaired) electrons. The molecule has 20 heavy (non-hydrogen) atoms. The van der Waals surface area contributed by atoms with Crippen LogP contribution < -0.4 is 5.32 Å². The summed E-state index contributed by atoms with van der Waals surface area (Å²) in [6.07, 6.45) is 1.34. The van der Waals surface area contributed by atoms with Crippen LogP contribution in [0.1, 0.15) is 5.56 Å². The van der Waals surface area contributed by atoms with E-state index in [0.717, 1.165) is 0 Å². The second-order valence-corrected chi connectivity index (χ2v) is 4.83. The van der Waals surface area contributed by atoms with Crippen molar-refractivity contribution in [2.45, 2.75) is 6.92 Å². The summed E-state index contributed by atoms with van der Waals surface area (Å²) in [5.74, 6) is 0.304. The first kappa shape index (κ1) is 13.1. The summed E-state index contributed by atoms with van der Waals surface area (Å²) in [5.41, 5.74) is 0.764. The number of nitrogens with zero attached hydrogens (tertiary/aromatic N) is 4. The predicted octanol–water partition coefficient (Wildman–Crippen LogP) is 3.62. The molecule has 0 unspecified atom stereocenters. The van der Waals surface area contributed by atoms with Gasteiger partial charge in [-0.2, -0.15) is 19.6 Å². The zero-order valence-corrected chi connectivity index (χ0v) is 11.7. The van der Waals surface area contributed by atoms with Crippen molar-refractivity contribution in [3.8, 4) is 0 Å². The van der Waals surface area contributed by atoms with Crippen LogP contribution in [0.2, 0.25) is 10.2 Å². The third kappa shape index (κ3) is 2.07. The van der Waals surface area contributed by atoms with E-state index in [2.05, 4.69) is 20.4 Å². The molecule has 5 nitrogen and oxygen atoms in total. The van der Waals surface area contributed by atoms with Crippen molar-refractivity contribution in [2.75, 3.05) is 5.32 Å². The van der Waals surface area contributed by atoms with Gasteiger partial charge in [0.05, 0.1) is 10.7 Å². The van der Waals surface area contributed by atoms with Crippen molar-refractivity contribution in [3.05, 3.63) is 46.1 Å². The zero-order valence-electron chi connectivity index (χ0n) is 10.2. The molecule has 0 fully saturated rings. The van der Waals surface area contributed by atoms with Crippen LogP contribution in [0.15, 0.2) is 24.5 Å². The molecule has 0 aliphatic heterocycles. The quantitative estimate of drug-likeness (QED) is 0.734. The lowest BCUT2D eigenvalue weighted by Gasteiger charge is -2.13. The first-order chi connectivity index (χ1) is 9.58. The van der Waals surface area contributed by atoms with Gasteiger partial charge in [0, 0.05) is 5.56 Å². The summed E-state index contributed by atoms with van der Waals surface area (Å²) in [5, 5.41) is 7.46. The van der Waals surface area contributed by atoms with Crippen LogP contribution in [0.3, 0.4) is 0 Å². The van der Waals surface area contributed by atoms with Crippen LogP contribution in [0.25, 0.3) is 5.78 Å². The molecule has 3 rings (SSSR count). The molecule has 0 aliphatic carbocycles. The summed E-state index contributed by atoms with van der Waals surface area (Å²) in [6.45, 7) is 1.74. The Labute approximate surface area is 123 Å². The Kier molecular flexibility index (Phi) is 3.19. The van der Waals surface area contributed by atoms with Gasteiger partial charge in [-0.1, -0.05) is 29.3 Å². The highest BCUT2D eigenvalue weighted by atomic mass is 35.5. The van der Waals surface area contributed by atoms with Crippen LogP contribution >= 0.6 is 23.2 Å². The highest BCUT2D eigenvalue weighted by molar-refractivity contribution is 6.33. The van der Waals surface area contributed by atoms with E-state index in [1.165, 1.54) is 23.0 Å². The maximum atomic E-state index is 13.9. The average molecular weight is 312 g/mol. The molecule has 0 saturated heterocycles. The van der Waals surface area contributed by atoms with E-state index in [-0.39, 0.29) is 15.9 Å². The Morgan fingerprint density at radius 1 is 1.30 bits per heavy atom. The standard InChI is InChI=1S/C12H8Cl2FN5/c1-6-10(14)19-12-16-5-17-20(12)11(6)18-9-7(13)3-2-4-8(9)15/h2-5,18H,1H3. The number of nitrogens with one attached hydrogen (secondary N) is 1. The van der Waals surface area contributed by atoms with Gasteiger partial charge in [-0.25, -0.2) is 4.39 Å². The molecular formula is C12H8Cl2FN5. The maximum absolute atomic E-state index is 13.9. The Bertz CT molecular complexity index is 782. The minimum atomic E-state index is -0.474. The number of anilines is 2. The third-order valence-electron chi connectivity index (χ3n) is 2.81. The monoisotopic (exact) mass is 311 g/mol. The smallest absolute Gasteiger partial charge is 0.255 e. The fraction of sp³-hybridized carbons (Fsp3) is 0.0833. The van der Waals surface area contributed by atoms with E-state index in [1.54, 1.807) is 13.0 Å². The van der Waals surface area contributed by atoms with Gasteiger partial charge in [0.25, 0.3) is 5.78 Å². The fourth-order valence-corrected chi connectivity index (χ4v) is 2.16. The number of fused-ring (bicyclic) bond motifs is 1. The fourth-order valence-electron chi connectivity index (χ4n) is 1.78. The molecule has 3 aromatic rings. The molecule has 8 heteroatoms. The Morgan fingerprint density at radius 3 is 2.85 bits per heavy atom. The van der Waals surface area contributed by atoms with Crippen molar-refractivity contribution in [1.29, 1.82) is 0 Å². The molecule has 1 aromatic carbocycles. The van der Waals surface area contributed by atoms with E-state index < -0.39 is 5.82 Å². The summed E-state index contributed by atoms with van der Waals surface area (Å²) in [4.78, 5) is 8.03. The van der Waals surface area contributed by atoms with E-state index in [9.17, 15) is 4.39 Å². The van der Waals surface area contributed by atoms with Crippen molar-refractivity contribution in [2.24, 2.45) is 0 Å². The van der Waals surface area contributed by atoms with Crippen molar-refractivity contribution >= 4 is 40.5 Å². The first-order valence-corrected chi connectivity index (χ1v) is 6.40. The summed E-state index contributed by atoms with van der Waals surface area (Å²) < 4.78 is 15.3. The number of hydrogen-bond donors (Lipinski definition) is 1. The molecule has 0 aliphatic rings. The van der Waals surface area contributed by atoms with E-state index in [4.69, 9.17) is 23.2 Å². The van der Waals surface area contributed by atoms with Gasteiger partial charge in [-0.05, 0) is 19.1 Å². The summed E-state index contributed by atoms with van der Waals surface area (Å²) in [7, 11) is 0. The lowest BCUT2D eigenvalue weighted by atomic mass is 10.2. The predicted molar refractivity (Wildman–Crippen MR) is 75.2 cm³/mol. The van der Waals surface area contributed by atoms with Crippen LogP contribution in [0.4, 0.5) is 15.9 Å². The van der Waals surface area contributed by atoms with Crippen LogP contribution in [0, 0.1) is 12.7 Å². The van der Waals surface area contributed by atoms with Gasteiger partial charge in [-0.3, -0.25) is 0 Å². The lowest BCUT2D eigenvalue weighted by Crippen LogP contribution is -2.06. The van der Waals surface area contributed by atoms with E-state index in [1.807, 2.05) is 0 Å². The molecule has 0 amide bonds. The highest BCUT2D eigenvalue weighted by Crippen LogP contribution is 2.31. The lowest BCUT2D eigenvalue weighted by molar-refractivity contribution is 0.631. The molecule has 0 spiro atoms. The van der Waals surface area contributed by atoms with Crippen LogP contribution in [0.5, 0.6) is 0 Å². The van der Waals surface area contributed by atoms with Crippen LogP contribution in [-0.4, -0.2) is 19.6 Å². The minimum absolute atomic E-state index is 0.149. The third-order valence-corrected chi connectivity index (χ3v) is 3.49. The average Bonchev–Trinajstić information content (AvgIpc) is 2.85. The van der Waals surface area contributed by atoms with Gasteiger partial charge in [0.1, 0.15) is 23.1 Å². The Balaban J connectivity index is 2.20. The molecular weight excluding hydrogens is 304 g/mol. The maximum Gasteiger partial charge on any atom is 0.255 e. The molecule has 0 saturated carbocycles. The SMILES string of the molecule is Cc1c(Cl)nc2ncnn2c1Nc1c(F)cccc1Cl. The Hall–Kier alpha value is -1.92. The first-order valence-electron chi connectivity index (χ1n) is 5.65. The van der Waals surface area contributed by atoms with E-state index in [0.29, 0.717) is 17.2 Å². The highest BCUT2D eigenvalue weighted by Gasteiger charge is 2.15. The minimum Gasteiger partial charge on any atom is -0.336 e. The zero-order chi connectivity index (χ0) is 14.3. The number of benzene rings is 1. The normalized spacial score (nSPS) is 11.0. The van der Waals surface area contributed by atoms with Crippen LogP contribution in [-0.2, 0) is 0 Å². The largest absolute Gasteiger partial charge is 0.336 e. The second-order valence-electron chi connectivity index (χ2n) is 4.07. The number of rotatable bonds is 2. The van der Waals surface area contributed by atoms with Gasteiger partial charge >= 0.3 is 0 Å². The number of halogens is 3. The summed E-state index contributed by atoms with van der Waals surface area (Å²) in [6, 6.07) is 4.43. The molecule has 0 bridgehead atoms. The molecule has 1 N–H and O–H groups in total. The van der Waals surface area contributed by atoms with Gasteiger partial charge in [0.2, 0.25) is 0 Å². The number of hydrogen-bond acceptors (Lipinski definition) is 4. The van der Waals surface area contributed by atoms with Crippen molar-refractivity contribution in [1.82, 2.24) is 19.6 Å². The second kappa shape index (κ2) is 4.88. The number of para-hydroxylation sites is 1.